The minimum absolute atomic E-state index is 0.354. The van der Waals surface area contributed by atoms with Crippen LogP contribution < -0.4 is 5.43 Å². The van der Waals surface area contributed by atoms with Crippen molar-refractivity contribution in [2.75, 3.05) is 0 Å². The third-order valence-corrected chi connectivity index (χ3v) is 2.83. The molecule has 0 aliphatic carbocycles. The van der Waals surface area contributed by atoms with Gasteiger partial charge in [-0.05, 0) is 42.0 Å². The van der Waals surface area contributed by atoms with Crippen molar-refractivity contribution in [3.05, 3.63) is 69.9 Å². The minimum Gasteiger partial charge on any atom is -0.267 e. The summed E-state index contributed by atoms with van der Waals surface area (Å²) >= 11 is 3.34. The number of nitrogens with zero attached hydrogens (tertiary/aromatic N) is 1. The van der Waals surface area contributed by atoms with Crippen molar-refractivity contribution >= 4 is 28.1 Å². The zero-order valence-electron chi connectivity index (χ0n) is 9.81. The Labute approximate surface area is 118 Å². The Bertz CT molecular complexity index is 611. The number of nitrogens with one attached hydrogen (secondary N) is 1. The van der Waals surface area contributed by atoms with Gasteiger partial charge in [-0.3, -0.25) is 4.79 Å². The Morgan fingerprint density at radius 1 is 1.21 bits per heavy atom. The number of hydrogen-bond donors (Lipinski definition) is 1. The molecule has 0 saturated heterocycles. The first-order valence-electron chi connectivity index (χ1n) is 5.50. The van der Waals surface area contributed by atoms with Crippen LogP contribution in [0.4, 0.5) is 4.39 Å². The average molecular weight is 321 g/mol. The fourth-order valence-corrected chi connectivity index (χ4v) is 1.84. The van der Waals surface area contributed by atoms with Gasteiger partial charge in [0, 0.05) is 10.0 Å². The molecule has 0 unspecified atom stereocenters. The van der Waals surface area contributed by atoms with Crippen molar-refractivity contribution in [1.82, 2.24) is 5.43 Å². The lowest BCUT2D eigenvalue weighted by atomic mass is 10.2. The van der Waals surface area contributed by atoms with Crippen LogP contribution in [0, 0.1) is 5.82 Å². The van der Waals surface area contributed by atoms with Gasteiger partial charge in [0.2, 0.25) is 0 Å². The molecule has 2 aromatic carbocycles. The van der Waals surface area contributed by atoms with Crippen LogP contribution >= 0.6 is 15.9 Å². The lowest BCUT2D eigenvalue weighted by molar-refractivity contribution is 0.0955. The summed E-state index contributed by atoms with van der Waals surface area (Å²) < 4.78 is 13.6. The first-order chi connectivity index (χ1) is 9.15. The van der Waals surface area contributed by atoms with E-state index >= 15 is 0 Å². The lowest BCUT2D eigenvalue weighted by Crippen LogP contribution is -2.17. The molecular weight excluding hydrogens is 311 g/mol. The molecule has 19 heavy (non-hydrogen) atoms. The normalized spacial score (nSPS) is 10.6. The molecule has 2 aromatic rings. The molecule has 3 nitrogen and oxygen atoms in total. The highest BCUT2D eigenvalue weighted by atomic mass is 79.9. The number of hydrazone groups is 1. The third kappa shape index (κ3) is 3.99. The summed E-state index contributed by atoms with van der Waals surface area (Å²) in [4.78, 5) is 11.7. The van der Waals surface area contributed by atoms with Crippen molar-refractivity contribution in [3.8, 4) is 0 Å². The van der Waals surface area contributed by atoms with Gasteiger partial charge >= 0.3 is 0 Å². The van der Waals surface area contributed by atoms with Gasteiger partial charge in [0.1, 0.15) is 5.82 Å². The summed E-state index contributed by atoms with van der Waals surface area (Å²) in [7, 11) is 0. The molecule has 0 bridgehead atoms. The second-order valence-electron chi connectivity index (χ2n) is 3.76. The van der Waals surface area contributed by atoms with Gasteiger partial charge in [0.05, 0.1) is 6.21 Å². The van der Waals surface area contributed by atoms with Crippen LogP contribution in [0.25, 0.3) is 0 Å². The molecule has 0 saturated carbocycles. The molecular formula is C14H10BrFN2O. The summed E-state index contributed by atoms with van der Waals surface area (Å²) in [5.41, 5.74) is 3.59. The Morgan fingerprint density at radius 2 is 1.95 bits per heavy atom. The number of amides is 1. The molecule has 0 fully saturated rings. The number of carbonyl (C=O) groups excluding carboxylic acids is 1. The maximum Gasteiger partial charge on any atom is 0.271 e. The predicted octanol–water partition coefficient (Wildman–Crippen LogP) is 3.35. The van der Waals surface area contributed by atoms with Gasteiger partial charge in [-0.1, -0.05) is 28.1 Å². The third-order valence-electron chi connectivity index (χ3n) is 2.33. The first kappa shape index (κ1) is 13.4. The van der Waals surface area contributed by atoms with E-state index in [-0.39, 0.29) is 11.7 Å². The molecule has 0 aliphatic rings. The van der Waals surface area contributed by atoms with Gasteiger partial charge in [-0.15, -0.1) is 0 Å². The zero-order valence-corrected chi connectivity index (χ0v) is 11.4. The van der Waals surface area contributed by atoms with Crippen molar-refractivity contribution in [3.63, 3.8) is 0 Å². The summed E-state index contributed by atoms with van der Waals surface area (Å²) in [6.07, 6.45) is 1.53. The van der Waals surface area contributed by atoms with Crippen LogP contribution in [0.3, 0.4) is 0 Å². The van der Waals surface area contributed by atoms with Crippen molar-refractivity contribution in [2.45, 2.75) is 0 Å². The van der Waals surface area contributed by atoms with Gasteiger partial charge in [-0.2, -0.15) is 5.10 Å². The van der Waals surface area contributed by atoms with E-state index < -0.39 is 0 Å². The van der Waals surface area contributed by atoms with Gasteiger partial charge in [-0.25, -0.2) is 9.82 Å². The fraction of sp³-hybridized carbons (Fsp3) is 0. The minimum atomic E-state index is -0.383. The molecule has 1 amide bonds. The molecule has 2 rings (SSSR count). The van der Waals surface area contributed by atoms with Crippen LogP contribution in [-0.2, 0) is 0 Å². The Morgan fingerprint density at radius 3 is 2.63 bits per heavy atom. The topological polar surface area (TPSA) is 41.5 Å². The second-order valence-corrected chi connectivity index (χ2v) is 4.68. The van der Waals surface area contributed by atoms with Crippen LogP contribution in [0.2, 0.25) is 0 Å². The second kappa shape index (κ2) is 6.24. The highest BCUT2D eigenvalue weighted by molar-refractivity contribution is 9.10. The standard InChI is InChI=1S/C14H10BrFN2O/c15-12-3-1-2-10(8-12)9-17-18-14(19)11-4-6-13(16)7-5-11/h1-9H,(H,18,19)/b17-9+. The Hall–Kier alpha value is -2.01. The Kier molecular flexibility index (Phi) is 4.41. The summed E-state index contributed by atoms with van der Waals surface area (Å²) in [6.45, 7) is 0. The van der Waals surface area contributed by atoms with Crippen LogP contribution in [0.15, 0.2) is 58.1 Å². The van der Waals surface area contributed by atoms with E-state index in [1.165, 1.54) is 30.5 Å². The number of rotatable bonds is 3. The quantitative estimate of drug-likeness (QED) is 0.684. The SMILES string of the molecule is O=C(N/N=C/c1cccc(Br)c1)c1ccc(F)cc1. The van der Waals surface area contributed by atoms with E-state index in [0.717, 1.165) is 10.0 Å². The number of hydrogen-bond acceptors (Lipinski definition) is 2. The number of halogens is 2. The summed E-state index contributed by atoms with van der Waals surface area (Å²) in [5.74, 6) is -0.763. The highest BCUT2D eigenvalue weighted by Gasteiger charge is 2.03. The molecule has 0 spiro atoms. The molecule has 0 heterocycles. The largest absolute Gasteiger partial charge is 0.271 e. The zero-order chi connectivity index (χ0) is 13.7. The maximum absolute atomic E-state index is 12.7. The maximum atomic E-state index is 12.7. The monoisotopic (exact) mass is 320 g/mol. The van der Waals surface area contributed by atoms with E-state index in [2.05, 4.69) is 26.5 Å². The van der Waals surface area contributed by atoms with Gasteiger partial charge in [0.25, 0.3) is 5.91 Å². The average Bonchev–Trinajstić information content (AvgIpc) is 2.39. The van der Waals surface area contributed by atoms with E-state index in [4.69, 9.17) is 0 Å². The van der Waals surface area contributed by atoms with Crippen molar-refractivity contribution in [2.24, 2.45) is 5.10 Å². The van der Waals surface area contributed by atoms with Crippen LogP contribution in [-0.4, -0.2) is 12.1 Å². The molecule has 0 aromatic heterocycles. The van der Waals surface area contributed by atoms with Crippen molar-refractivity contribution in [1.29, 1.82) is 0 Å². The Balaban J connectivity index is 1.98. The smallest absolute Gasteiger partial charge is 0.267 e. The predicted molar refractivity (Wildman–Crippen MR) is 75.6 cm³/mol. The van der Waals surface area contributed by atoms with E-state index in [1.54, 1.807) is 0 Å². The van der Waals surface area contributed by atoms with E-state index in [1.807, 2.05) is 24.3 Å². The molecule has 96 valence electrons. The van der Waals surface area contributed by atoms with E-state index in [9.17, 15) is 9.18 Å². The highest BCUT2D eigenvalue weighted by Crippen LogP contribution is 2.09. The number of carbonyl (C=O) groups is 1. The van der Waals surface area contributed by atoms with Crippen molar-refractivity contribution < 1.29 is 9.18 Å². The summed E-state index contributed by atoms with van der Waals surface area (Å²) in [6, 6.07) is 12.8. The van der Waals surface area contributed by atoms with E-state index in [0.29, 0.717) is 5.56 Å². The molecule has 1 N–H and O–H groups in total. The van der Waals surface area contributed by atoms with Crippen LogP contribution in [0.1, 0.15) is 15.9 Å². The molecule has 0 aliphatic heterocycles. The fourth-order valence-electron chi connectivity index (χ4n) is 1.42. The van der Waals surface area contributed by atoms with Gasteiger partial charge < -0.3 is 0 Å². The lowest BCUT2D eigenvalue weighted by Gasteiger charge is -1.99. The summed E-state index contributed by atoms with van der Waals surface area (Å²) in [5, 5.41) is 3.84. The molecule has 0 radical (unpaired) electrons. The molecule has 5 heteroatoms. The van der Waals surface area contributed by atoms with Crippen LogP contribution in [0.5, 0.6) is 0 Å². The van der Waals surface area contributed by atoms with Gasteiger partial charge in [0.15, 0.2) is 0 Å². The first-order valence-corrected chi connectivity index (χ1v) is 6.29. The number of benzene rings is 2. The molecule has 0 atom stereocenters.